The van der Waals surface area contributed by atoms with Crippen molar-refractivity contribution in [1.29, 1.82) is 0 Å². The molecule has 31 heavy (non-hydrogen) atoms. The maximum atomic E-state index is 12.6. The lowest BCUT2D eigenvalue weighted by Gasteiger charge is -2.37. The number of amides is 1. The quantitative estimate of drug-likeness (QED) is 0.414. The molecule has 9 heteroatoms. The summed E-state index contributed by atoms with van der Waals surface area (Å²) in [4.78, 5) is 21.7. The third kappa shape index (κ3) is 5.56. The first-order valence-corrected chi connectivity index (χ1v) is 12.1. The Labute approximate surface area is 185 Å². The number of aryl methyl sites for hydroxylation is 2. The number of guanidine groups is 1. The first-order chi connectivity index (χ1) is 15.3. The van der Waals surface area contributed by atoms with Gasteiger partial charge >= 0.3 is 0 Å². The molecule has 2 fully saturated rings. The van der Waals surface area contributed by atoms with E-state index in [-0.39, 0.29) is 12.0 Å². The second-order valence-electron chi connectivity index (χ2n) is 8.65. The van der Waals surface area contributed by atoms with Gasteiger partial charge < -0.3 is 24.4 Å². The number of nitrogens with one attached hydrogen (secondary N) is 1. The Morgan fingerprint density at radius 2 is 1.94 bits per heavy atom. The molecular formula is C22H37N7O2. The van der Waals surface area contributed by atoms with Crippen LogP contribution in [0.4, 0.5) is 0 Å². The summed E-state index contributed by atoms with van der Waals surface area (Å²) in [5.41, 5.74) is 0. The van der Waals surface area contributed by atoms with Crippen molar-refractivity contribution >= 4 is 11.9 Å². The van der Waals surface area contributed by atoms with Crippen LogP contribution in [0.15, 0.2) is 4.99 Å². The maximum Gasteiger partial charge on any atom is 0.251 e. The van der Waals surface area contributed by atoms with Crippen LogP contribution in [0.5, 0.6) is 0 Å². The van der Waals surface area contributed by atoms with Crippen LogP contribution < -0.4 is 5.32 Å². The van der Waals surface area contributed by atoms with Crippen molar-refractivity contribution in [3.63, 3.8) is 0 Å². The van der Waals surface area contributed by atoms with Crippen molar-refractivity contribution in [1.82, 2.24) is 29.9 Å². The normalized spacial score (nSPS) is 22.4. The fourth-order valence-electron chi connectivity index (χ4n) is 4.69. The zero-order valence-corrected chi connectivity index (χ0v) is 18.9. The Morgan fingerprint density at radius 3 is 2.71 bits per heavy atom. The summed E-state index contributed by atoms with van der Waals surface area (Å²) in [6.45, 7) is 8.54. The van der Waals surface area contributed by atoms with Crippen LogP contribution in [0.1, 0.15) is 57.1 Å². The lowest BCUT2D eigenvalue weighted by Crippen LogP contribution is -2.55. The van der Waals surface area contributed by atoms with Crippen molar-refractivity contribution in [3.05, 3.63) is 11.6 Å². The van der Waals surface area contributed by atoms with Crippen molar-refractivity contribution in [2.45, 2.75) is 70.9 Å². The summed E-state index contributed by atoms with van der Waals surface area (Å²) in [5, 5.41) is 12.2. The van der Waals surface area contributed by atoms with Crippen LogP contribution in [0.25, 0.3) is 0 Å². The molecule has 4 rings (SSSR count). The van der Waals surface area contributed by atoms with Gasteiger partial charge in [-0.15, -0.1) is 10.2 Å². The van der Waals surface area contributed by atoms with Crippen molar-refractivity contribution in [3.8, 4) is 0 Å². The molecule has 172 valence electrons. The third-order valence-corrected chi connectivity index (χ3v) is 6.44. The van der Waals surface area contributed by atoms with Crippen LogP contribution >= 0.6 is 0 Å². The van der Waals surface area contributed by atoms with Crippen molar-refractivity contribution in [2.24, 2.45) is 4.99 Å². The molecule has 3 aliphatic rings. The van der Waals surface area contributed by atoms with E-state index in [1.165, 1.54) is 19.3 Å². The van der Waals surface area contributed by atoms with Gasteiger partial charge in [-0.2, -0.15) is 0 Å². The van der Waals surface area contributed by atoms with Crippen LogP contribution in [-0.2, 0) is 28.9 Å². The Kier molecular flexibility index (Phi) is 7.77. The Hall–Kier alpha value is -2.16. The van der Waals surface area contributed by atoms with E-state index in [4.69, 9.17) is 9.73 Å². The smallest absolute Gasteiger partial charge is 0.251 e. The van der Waals surface area contributed by atoms with E-state index in [1.807, 2.05) is 4.90 Å². The van der Waals surface area contributed by atoms with E-state index in [1.54, 1.807) is 0 Å². The second kappa shape index (κ2) is 10.9. The standard InChI is InChI=1S/C22H37N7O2/c1-2-23-22(28-15-13-27(14-16-28)21(30)18-8-7-17-31-18)24-11-6-10-20-26-25-19-9-4-3-5-12-29(19)20/h18H,2-17H2,1H3,(H,23,24). The zero-order valence-electron chi connectivity index (χ0n) is 18.9. The lowest BCUT2D eigenvalue weighted by molar-refractivity contribution is -0.142. The number of piperazine rings is 1. The number of hydrogen-bond donors (Lipinski definition) is 1. The average Bonchev–Trinajstić information content (AvgIpc) is 3.41. The van der Waals surface area contributed by atoms with Gasteiger partial charge in [-0.25, -0.2) is 0 Å². The number of fused-ring (bicyclic) bond motifs is 1. The van der Waals surface area contributed by atoms with E-state index < -0.39 is 0 Å². The van der Waals surface area contributed by atoms with Gasteiger partial charge in [-0.1, -0.05) is 6.42 Å². The molecule has 1 N–H and O–H groups in total. The predicted octanol–water partition coefficient (Wildman–Crippen LogP) is 1.23. The third-order valence-electron chi connectivity index (χ3n) is 6.44. The molecule has 0 saturated carbocycles. The van der Waals surface area contributed by atoms with Crippen LogP contribution in [0.3, 0.4) is 0 Å². The molecule has 0 radical (unpaired) electrons. The van der Waals surface area contributed by atoms with Gasteiger partial charge in [0.15, 0.2) is 5.96 Å². The molecule has 0 aliphatic carbocycles. The number of ether oxygens (including phenoxy) is 1. The Balaban J connectivity index is 1.26. The molecule has 9 nitrogen and oxygen atoms in total. The number of nitrogens with zero attached hydrogens (tertiary/aromatic N) is 6. The van der Waals surface area contributed by atoms with E-state index in [0.717, 1.165) is 95.5 Å². The topological polar surface area (TPSA) is 87.9 Å². The fraction of sp³-hybridized carbons (Fsp3) is 0.818. The molecule has 1 atom stereocenters. The second-order valence-corrected chi connectivity index (χ2v) is 8.65. The average molecular weight is 432 g/mol. The number of carbonyl (C=O) groups is 1. The van der Waals surface area contributed by atoms with E-state index >= 15 is 0 Å². The van der Waals surface area contributed by atoms with Gasteiger partial charge in [0.2, 0.25) is 0 Å². The van der Waals surface area contributed by atoms with Crippen molar-refractivity contribution < 1.29 is 9.53 Å². The van der Waals surface area contributed by atoms with Gasteiger partial charge in [0.1, 0.15) is 17.8 Å². The van der Waals surface area contributed by atoms with Crippen molar-refractivity contribution in [2.75, 3.05) is 45.9 Å². The number of hydrogen-bond acceptors (Lipinski definition) is 5. The molecule has 1 aromatic heterocycles. The molecule has 0 bridgehead atoms. The van der Waals surface area contributed by atoms with Gasteiger partial charge in [-0.3, -0.25) is 9.79 Å². The summed E-state index contributed by atoms with van der Waals surface area (Å²) in [6.07, 6.45) is 8.29. The molecular weight excluding hydrogens is 394 g/mol. The largest absolute Gasteiger partial charge is 0.368 e. The van der Waals surface area contributed by atoms with E-state index in [0.29, 0.717) is 6.61 Å². The van der Waals surface area contributed by atoms with Gasteiger partial charge in [0.05, 0.1) is 0 Å². The minimum atomic E-state index is -0.222. The zero-order chi connectivity index (χ0) is 21.5. The van der Waals surface area contributed by atoms with E-state index in [2.05, 4.69) is 31.9 Å². The number of carbonyl (C=O) groups excluding carboxylic acids is 1. The SMILES string of the molecule is CCNC(=NCCCc1nnc2n1CCCCC2)N1CCN(C(=O)C2CCCO2)CC1. The maximum absolute atomic E-state index is 12.6. The minimum absolute atomic E-state index is 0.159. The number of rotatable bonds is 6. The summed E-state index contributed by atoms with van der Waals surface area (Å²) in [7, 11) is 0. The molecule has 0 aromatic carbocycles. The molecule has 2 saturated heterocycles. The Morgan fingerprint density at radius 1 is 1.10 bits per heavy atom. The molecule has 1 unspecified atom stereocenters. The first-order valence-electron chi connectivity index (χ1n) is 12.1. The van der Waals surface area contributed by atoms with E-state index in [9.17, 15) is 4.79 Å². The highest BCUT2D eigenvalue weighted by molar-refractivity contribution is 5.82. The van der Waals surface area contributed by atoms with Gasteiger partial charge in [-0.05, 0) is 39.0 Å². The number of aliphatic imine (C=N–C) groups is 1. The fourth-order valence-corrected chi connectivity index (χ4v) is 4.69. The highest BCUT2D eigenvalue weighted by atomic mass is 16.5. The molecule has 3 aliphatic heterocycles. The predicted molar refractivity (Wildman–Crippen MR) is 119 cm³/mol. The summed E-state index contributed by atoms with van der Waals surface area (Å²) in [5.74, 6) is 3.37. The molecule has 4 heterocycles. The monoisotopic (exact) mass is 431 g/mol. The highest BCUT2D eigenvalue weighted by Gasteiger charge is 2.30. The molecule has 0 spiro atoms. The first kappa shape index (κ1) is 22.0. The molecule has 1 amide bonds. The summed E-state index contributed by atoms with van der Waals surface area (Å²) >= 11 is 0. The Bertz CT molecular complexity index is 749. The van der Waals surface area contributed by atoms with Crippen LogP contribution in [0, 0.1) is 0 Å². The minimum Gasteiger partial charge on any atom is -0.368 e. The molecule has 1 aromatic rings. The van der Waals surface area contributed by atoms with Gasteiger partial charge in [0.25, 0.3) is 5.91 Å². The summed E-state index contributed by atoms with van der Waals surface area (Å²) in [6, 6.07) is 0. The lowest BCUT2D eigenvalue weighted by atomic mass is 10.2. The number of aromatic nitrogens is 3. The summed E-state index contributed by atoms with van der Waals surface area (Å²) < 4.78 is 7.89. The van der Waals surface area contributed by atoms with Gasteiger partial charge in [0, 0.05) is 65.3 Å². The highest BCUT2D eigenvalue weighted by Crippen LogP contribution is 2.17. The van der Waals surface area contributed by atoms with Crippen LogP contribution in [0.2, 0.25) is 0 Å². The van der Waals surface area contributed by atoms with Crippen LogP contribution in [-0.4, -0.2) is 88.4 Å².